The van der Waals surface area contributed by atoms with Gasteiger partial charge in [-0.1, -0.05) is 48.9 Å². The number of hydrogen-bond acceptors (Lipinski definition) is 3. The van der Waals surface area contributed by atoms with Gasteiger partial charge in [-0.25, -0.2) is 15.0 Å². The van der Waals surface area contributed by atoms with Crippen LogP contribution in [0, 0.1) is 6.92 Å². The zero-order valence-electron chi connectivity index (χ0n) is 16.2. The topological polar surface area (TPSA) is 38.7 Å². The molecule has 28 heavy (non-hydrogen) atoms. The van der Waals surface area contributed by atoms with E-state index in [0.29, 0.717) is 0 Å². The van der Waals surface area contributed by atoms with Crippen molar-refractivity contribution in [3.63, 3.8) is 0 Å². The maximum absolute atomic E-state index is 5.04. The Kier molecular flexibility index (Phi) is 4.36. The van der Waals surface area contributed by atoms with Crippen molar-refractivity contribution in [2.24, 2.45) is 0 Å². The van der Waals surface area contributed by atoms with E-state index in [1.54, 1.807) is 0 Å². The van der Waals surface area contributed by atoms with Crippen molar-refractivity contribution < 1.29 is 0 Å². The molecule has 0 atom stereocenters. The molecule has 0 unspecified atom stereocenters. The number of rotatable bonds is 2. The van der Waals surface area contributed by atoms with Crippen LogP contribution >= 0.6 is 0 Å². The molecule has 0 aliphatic heterocycles. The number of pyridine rings is 1. The van der Waals surface area contributed by atoms with Crippen LogP contribution in [0.15, 0.2) is 60.7 Å². The van der Waals surface area contributed by atoms with Crippen LogP contribution in [-0.2, 0) is 12.8 Å². The average Bonchev–Trinajstić information content (AvgIpc) is 2.98. The molecule has 3 nitrogen and oxygen atoms in total. The fourth-order valence-electron chi connectivity index (χ4n) is 4.13. The Morgan fingerprint density at radius 2 is 1.57 bits per heavy atom. The van der Waals surface area contributed by atoms with Crippen LogP contribution in [0.2, 0.25) is 0 Å². The Hall–Kier alpha value is -3.07. The molecule has 0 amide bonds. The summed E-state index contributed by atoms with van der Waals surface area (Å²) in [5.74, 6) is 0.743. The lowest BCUT2D eigenvalue weighted by molar-refractivity contribution is 0.709. The first-order chi connectivity index (χ1) is 13.8. The van der Waals surface area contributed by atoms with Crippen molar-refractivity contribution in [2.75, 3.05) is 0 Å². The van der Waals surface area contributed by atoms with Gasteiger partial charge in [0.1, 0.15) is 5.69 Å². The van der Waals surface area contributed by atoms with Crippen molar-refractivity contribution in [1.29, 1.82) is 0 Å². The van der Waals surface area contributed by atoms with Crippen molar-refractivity contribution in [2.45, 2.75) is 39.0 Å². The molecular weight excluding hydrogens is 342 g/mol. The molecule has 0 fully saturated rings. The van der Waals surface area contributed by atoms with Crippen molar-refractivity contribution in [1.82, 2.24) is 15.0 Å². The SMILES string of the molecule is Cc1cccc(-c2nc3c(c(-c4ccc5ccccc5c4)n2)CCCCC3)n1. The van der Waals surface area contributed by atoms with E-state index in [1.807, 2.05) is 25.1 Å². The third kappa shape index (κ3) is 3.18. The average molecular weight is 365 g/mol. The first kappa shape index (κ1) is 17.1. The molecule has 0 N–H and O–H groups in total. The molecule has 2 aromatic heterocycles. The first-order valence-corrected chi connectivity index (χ1v) is 10.1. The van der Waals surface area contributed by atoms with Gasteiger partial charge in [-0.2, -0.15) is 0 Å². The summed E-state index contributed by atoms with van der Waals surface area (Å²) in [6.07, 6.45) is 5.74. The van der Waals surface area contributed by atoms with Crippen LogP contribution in [0.4, 0.5) is 0 Å². The number of aryl methyl sites for hydroxylation is 2. The first-order valence-electron chi connectivity index (χ1n) is 10.1. The summed E-state index contributed by atoms with van der Waals surface area (Å²) in [5, 5.41) is 2.50. The number of fused-ring (bicyclic) bond motifs is 2. The van der Waals surface area contributed by atoms with Gasteiger partial charge in [-0.3, -0.25) is 0 Å². The summed E-state index contributed by atoms with van der Waals surface area (Å²) in [7, 11) is 0. The minimum absolute atomic E-state index is 0.743. The van der Waals surface area contributed by atoms with Gasteiger partial charge >= 0.3 is 0 Å². The molecule has 0 bridgehead atoms. The zero-order valence-corrected chi connectivity index (χ0v) is 16.2. The quantitative estimate of drug-likeness (QED) is 0.413. The van der Waals surface area contributed by atoms with Crippen LogP contribution in [0.25, 0.3) is 33.5 Å². The summed E-state index contributed by atoms with van der Waals surface area (Å²) in [6, 6.07) is 21.2. The van der Waals surface area contributed by atoms with E-state index >= 15 is 0 Å². The van der Waals surface area contributed by atoms with E-state index < -0.39 is 0 Å². The maximum Gasteiger partial charge on any atom is 0.178 e. The number of hydrogen-bond donors (Lipinski definition) is 0. The molecular formula is C25H23N3. The lowest BCUT2D eigenvalue weighted by Crippen LogP contribution is -2.05. The smallest absolute Gasteiger partial charge is 0.178 e. The van der Waals surface area contributed by atoms with Crippen LogP contribution in [0.1, 0.15) is 36.2 Å². The number of nitrogens with zero attached hydrogens (tertiary/aromatic N) is 3. The monoisotopic (exact) mass is 365 g/mol. The second-order valence-electron chi connectivity index (χ2n) is 7.61. The van der Waals surface area contributed by atoms with Gasteiger partial charge in [0, 0.05) is 22.5 Å². The normalized spacial score (nSPS) is 13.9. The molecule has 138 valence electrons. The summed E-state index contributed by atoms with van der Waals surface area (Å²) < 4.78 is 0. The predicted octanol–water partition coefficient (Wildman–Crippen LogP) is 5.94. The van der Waals surface area contributed by atoms with Crippen molar-refractivity contribution in [3.8, 4) is 22.8 Å². The Morgan fingerprint density at radius 3 is 2.46 bits per heavy atom. The second-order valence-corrected chi connectivity index (χ2v) is 7.61. The highest BCUT2D eigenvalue weighted by molar-refractivity contribution is 5.87. The van der Waals surface area contributed by atoms with Gasteiger partial charge in [0.25, 0.3) is 0 Å². The van der Waals surface area contributed by atoms with Gasteiger partial charge in [0.05, 0.1) is 5.69 Å². The summed E-state index contributed by atoms with van der Waals surface area (Å²) >= 11 is 0. The third-order valence-corrected chi connectivity index (χ3v) is 5.57. The van der Waals surface area contributed by atoms with Crippen LogP contribution in [0.3, 0.4) is 0 Å². The Balaban J connectivity index is 1.73. The summed E-state index contributed by atoms with van der Waals surface area (Å²) in [6.45, 7) is 2.01. The van der Waals surface area contributed by atoms with Gasteiger partial charge in [0.2, 0.25) is 0 Å². The Bertz CT molecular complexity index is 1160. The zero-order chi connectivity index (χ0) is 18.9. The Morgan fingerprint density at radius 1 is 0.714 bits per heavy atom. The molecule has 0 radical (unpaired) electrons. The van der Waals surface area contributed by atoms with Crippen LogP contribution < -0.4 is 0 Å². The third-order valence-electron chi connectivity index (χ3n) is 5.57. The molecule has 5 rings (SSSR count). The standard InChI is InChI=1S/C25H23N3/c1-17-8-7-13-23(26-17)25-27-22-12-4-2-3-11-21(22)24(28-25)20-15-14-18-9-5-6-10-19(18)16-20/h5-10,13-16H,2-4,11-12H2,1H3. The van der Waals surface area contributed by atoms with E-state index in [1.165, 1.54) is 46.9 Å². The predicted molar refractivity (Wildman–Crippen MR) is 114 cm³/mol. The fraction of sp³-hybridized carbons (Fsp3) is 0.240. The molecule has 3 heteroatoms. The molecule has 1 aliphatic carbocycles. The fourth-order valence-corrected chi connectivity index (χ4v) is 4.13. The second kappa shape index (κ2) is 7.16. The van der Waals surface area contributed by atoms with E-state index in [-0.39, 0.29) is 0 Å². The van der Waals surface area contributed by atoms with Gasteiger partial charge in [0.15, 0.2) is 5.82 Å². The number of aromatic nitrogens is 3. The largest absolute Gasteiger partial charge is 0.250 e. The summed E-state index contributed by atoms with van der Waals surface area (Å²) in [4.78, 5) is 14.7. The molecule has 2 aromatic carbocycles. The van der Waals surface area contributed by atoms with Gasteiger partial charge in [-0.15, -0.1) is 0 Å². The van der Waals surface area contributed by atoms with Gasteiger partial charge in [-0.05, 0) is 61.6 Å². The van der Waals surface area contributed by atoms with Crippen molar-refractivity contribution in [3.05, 3.63) is 77.6 Å². The molecule has 0 saturated carbocycles. The van der Waals surface area contributed by atoms with E-state index in [4.69, 9.17) is 9.97 Å². The van der Waals surface area contributed by atoms with Gasteiger partial charge < -0.3 is 0 Å². The molecule has 0 spiro atoms. The highest BCUT2D eigenvalue weighted by Crippen LogP contribution is 2.32. The number of benzene rings is 2. The molecule has 4 aromatic rings. The lowest BCUT2D eigenvalue weighted by atomic mass is 9.98. The minimum Gasteiger partial charge on any atom is -0.250 e. The summed E-state index contributed by atoms with van der Waals surface area (Å²) in [5.41, 5.74) is 6.62. The van der Waals surface area contributed by atoms with Crippen molar-refractivity contribution >= 4 is 10.8 Å². The highest BCUT2D eigenvalue weighted by Gasteiger charge is 2.19. The lowest BCUT2D eigenvalue weighted by Gasteiger charge is -2.14. The minimum atomic E-state index is 0.743. The maximum atomic E-state index is 5.04. The molecule has 1 aliphatic rings. The van der Waals surface area contributed by atoms with E-state index in [9.17, 15) is 0 Å². The van der Waals surface area contributed by atoms with Crippen LogP contribution in [-0.4, -0.2) is 15.0 Å². The Labute approximate surface area is 165 Å². The molecule has 2 heterocycles. The molecule has 0 saturated heterocycles. The van der Waals surface area contributed by atoms with Crippen LogP contribution in [0.5, 0.6) is 0 Å². The van der Waals surface area contributed by atoms with E-state index in [0.717, 1.165) is 35.7 Å². The van der Waals surface area contributed by atoms with E-state index in [2.05, 4.69) is 47.4 Å². The highest BCUT2D eigenvalue weighted by atomic mass is 14.9.